The molecule has 0 radical (unpaired) electrons. The maximum Gasteiger partial charge on any atom is 0.310 e. The van der Waals surface area contributed by atoms with E-state index in [1.165, 1.54) is 25.7 Å². The summed E-state index contributed by atoms with van der Waals surface area (Å²) in [5, 5.41) is 3.59. The quantitative estimate of drug-likeness (QED) is 0.817. The second kappa shape index (κ2) is 6.61. The molecule has 2 saturated carbocycles. The highest BCUT2D eigenvalue weighted by molar-refractivity contribution is 5.72. The summed E-state index contributed by atoms with van der Waals surface area (Å²) in [4.78, 5) is 12.0. The van der Waals surface area contributed by atoms with Crippen molar-refractivity contribution in [3.05, 3.63) is 35.9 Å². The van der Waals surface area contributed by atoms with E-state index in [2.05, 4.69) is 5.32 Å². The van der Waals surface area contributed by atoms with Crippen molar-refractivity contribution in [3.63, 3.8) is 0 Å². The third kappa shape index (κ3) is 3.65. The van der Waals surface area contributed by atoms with E-state index in [-0.39, 0.29) is 11.9 Å². The largest absolute Gasteiger partial charge is 0.461 e. The molecule has 2 aliphatic rings. The van der Waals surface area contributed by atoms with Crippen molar-refractivity contribution in [3.8, 4) is 0 Å². The smallest absolute Gasteiger partial charge is 0.310 e. The number of hydrogen-bond donors (Lipinski definition) is 1. The van der Waals surface area contributed by atoms with Crippen molar-refractivity contribution in [2.75, 3.05) is 6.54 Å². The zero-order chi connectivity index (χ0) is 14.7. The predicted molar refractivity (Wildman–Crippen MR) is 82.6 cm³/mol. The van der Waals surface area contributed by atoms with E-state index in [0.29, 0.717) is 12.6 Å². The molecular weight excluding hydrogens is 262 g/mol. The molecule has 4 unspecified atom stereocenters. The molecule has 4 atom stereocenters. The number of hydrogen-bond acceptors (Lipinski definition) is 3. The van der Waals surface area contributed by atoms with E-state index in [0.717, 1.165) is 23.9 Å². The first kappa shape index (κ1) is 14.6. The van der Waals surface area contributed by atoms with Gasteiger partial charge in [-0.25, -0.2) is 0 Å². The fraction of sp³-hybridized carbons (Fsp3) is 0.611. The van der Waals surface area contributed by atoms with E-state index < -0.39 is 0 Å². The van der Waals surface area contributed by atoms with Crippen molar-refractivity contribution in [2.24, 2.45) is 17.8 Å². The second-order valence-corrected chi connectivity index (χ2v) is 6.68. The lowest BCUT2D eigenvalue weighted by molar-refractivity contribution is -0.149. The summed E-state index contributed by atoms with van der Waals surface area (Å²) in [7, 11) is 0. The molecule has 1 aromatic rings. The van der Waals surface area contributed by atoms with E-state index in [4.69, 9.17) is 4.74 Å². The summed E-state index contributed by atoms with van der Waals surface area (Å²) in [6, 6.07) is 10.5. The van der Waals surface area contributed by atoms with Gasteiger partial charge in [-0.2, -0.15) is 0 Å². The monoisotopic (exact) mass is 287 g/mol. The summed E-state index contributed by atoms with van der Waals surface area (Å²) in [6.45, 7) is 3.06. The molecule has 0 heterocycles. The first-order valence-electron chi connectivity index (χ1n) is 8.16. The van der Waals surface area contributed by atoms with Gasteiger partial charge in [-0.15, -0.1) is 0 Å². The second-order valence-electron chi connectivity index (χ2n) is 6.68. The van der Waals surface area contributed by atoms with Gasteiger partial charge in [0.05, 0.1) is 5.92 Å². The van der Waals surface area contributed by atoms with Gasteiger partial charge in [-0.3, -0.25) is 4.79 Å². The molecule has 0 aliphatic heterocycles. The number of fused-ring (bicyclic) bond motifs is 2. The topological polar surface area (TPSA) is 38.3 Å². The van der Waals surface area contributed by atoms with Gasteiger partial charge in [0.1, 0.15) is 6.61 Å². The summed E-state index contributed by atoms with van der Waals surface area (Å²) >= 11 is 0. The van der Waals surface area contributed by atoms with Crippen LogP contribution in [-0.4, -0.2) is 18.6 Å². The first-order valence-corrected chi connectivity index (χ1v) is 8.16. The van der Waals surface area contributed by atoms with Gasteiger partial charge in [0.15, 0.2) is 0 Å². The Kier molecular flexibility index (Phi) is 4.59. The lowest BCUT2D eigenvalue weighted by Gasteiger charge is -2.24. The predicted octanol–water partition coefficient (Wildman–Crippen LogP) is 3.14. The van der Waals surface area contributed by atoms with Crippen LogP contribution in [0.25, 0.3) is 0 Å². The van der Waals surface area contributed by atoms with Crippen LogP contribution in [0, 0.1) is 17.8 Å². The average molecular weight is 287 g/mol. The molecule has 0 aromatic heterocycles. The van der Waals surface area contributed by atoms with Gasteiger partial charge in [0, 0.05) is 12.6 Å². The highest BCUT2D eigenvalue weighted by atomic mass is 16.5. The standard InChI is InChI=1S/C18H25NO2/c1-13(11-19-17-10-15-7-8-16(17)9-15)18(20)21-12-14-5-3-2-4-6-14/h2-6,13,15-17,19H,7-12H2,1H3. The fourth-order valence-corrected chi connectivity index (χ4v) is 3.78. The van der Waals surface area contributed by atoms with Gasteiger partial charge >= 0.3 is 5.97 Å². The number of benzene rings is 1. The van der Waals surface area contributed by atoms with Crippen LogP contribution in [0.1, 0.15) is 38.2 Å². The molecule has 21 heavy (non-hydrogen) atoms. The third-order valence-electron chi connectivity index (χ3n) is 5.05. The van der Waals surface area contributed by atoms with Crippen LogP contribution in [0.2, 0.25) is 0 Å². The molecule has 2 fully saturated rings. The molecule has 3 rings (SSSR count). The van der Waals surface area contributed by atoms with Crippen LogP contribution in [-0.2, 0) is 16.1 Å². The number of nitrogens with one attached hydrogen (secondary N) is 1. The molecule has 2 aliphatic carbocycles. The Morgan fingerprint density at radius 3 is 2.76 bits per heavy atom. The molecular formula is C18H25NO2. The maximum atomic E-state index is 12.0. The van der Waals surface area contributed by atoms with Crippen LogP contribution >= 0.6 is 0 Å². The first-order chi connectivity index (χ1) is 10.2. The molecule has 3 nitrogen and oxygen atoms in total. The number of carbonyl (C=O) groups excluding carboxylic acids is 1. The Labute approximate surface area is 127 Å². The zero-order valence-corrected chi connectivity index (χ0v) is 12.8. The van der Waals surface area contributed by atoms with Gasteiger partial charge in [0.2, 0.25) is 0 Å². The minimum atomic E-state index is -0.102. The molecule has 2 bridgehead atoms. The van der Waals surface area contributed by atoms with Crippen LogP contribution in [0.4, 0.5) is 0 Å². The molecule has 3 heteroatoms. The van der Waals surface area contributed by atoms with Gasteiger partial charge in [-0.05, 0) is 36.7 Å². The summed E-state index contributed by atoms with van der Waals surface area (Å²) in [6.07, 6.45) is 5.48. The Bertz CT molecular complexity index is 473. The minimum absolute atomic E-state index is 0.0761. The van der Waals surface area contributed by atoms with Crippen molar-refractivity contribution in [1.82, 2.24) is 5.32 Å². The SMILES string of the molecule is CC(CNC1CC2CCC1C2)C(=O)OCc1ccccc1. The van der Waals surface area contributed by atoms with Gasteiger partial charge in [0.25, 0.3) is 0 Å². The van der Waals surface area contributed by atoms with E-state index in [9.17, 15) is 4.79 Å². The van der Waals surface area contributed by atoms with Crippen LogP contribution < -0.4 is 5.32 Å². The van der Waals surface area contributed by atoms with Crippen molar-refractivity contribution in [2.45, 2.75) is 45.3 Å². The zero-order valence-electron chi connectivity index (χ0n) is 12.8. The van der Waals surface area contributed by atoms with Crippen LogP contribution in [0.5, 0.6) is 0 Å². The summed E-state index contributed by atoms with van der Waals surface area (Å²) < 4.78 is 5.39. The minimum Gasteiger partial charge on any atom is -0.461 e. The van der Waals surface area contributed by atoms with E-state index >= 15 is 0 Å². The number of rotatable bonds is 6. The van der Waals surface area contributed by atoms with Crippen LogP contribution in [0.3, 0.4) is 0 Å². The Morgan fingerprint density at radius 1 is 1.29 bits per heavy atom. The highest BCUT2D eigenvalue weighted by Gasteiger charge is 2.39. The Morgan fingerprint density at radius 2 is 2.10 bits per heavy atom. The molecule has 1 N–H and O–H groups in total. The molecule has 0 saturated heterocycles. The van der Waals surface area contributed by atoms with Gasteiger partial charge in [-0.1, -0.05) is 43.7 Å². The van der Waals surface area contributed by atoms with Crippen LogP contribution in [0.15, 0.2) is 30.3 Å². The Balaban J connectivity index is 1.38. The number of ether oxygens (including phenoxy) is 1. The maximum absolute atomic E-state index is 12.0. The molecule has 114 valence electrons. The van der Waals surface area contributed by atoms with E-state index in [1.807, 2.05) is 37.3 Å². The normalized spacial score (nSPS) is 28.5. The molecule has 1 aromatic carbocycles. The number of carbonyl (C=O) groups is 1. The fourth-order valence-electron chi connectivity index (χ4n) is 3.78. The lowest BCUT2D eigenvalue weighted by Crippen LogP contribution is -2.38. The highest BCUT2D eigenvalue weighted by Crippen LogP contribution is 2.44. The Hall–Kier alpha value is -1.35. The molecule has 0 amide bonds. The number of esters is 1. The molecule has 0 spiro atoms. The summed E-state index contributed by atoms with van der Waals surface area (Å²) in [5.41, 5.74) is 1.04. The van der Waals surface area contributed by atoms with E-state index in [1.54, 1.807) is 0 Å². The average Bonchev–Trinajstić information content (AvgIpc) is 3.14. The lowest BCUT2D eigenvalue weighted by atomic mass is 9.95. The van der Waals surface area contributed by atoms with Crippen molar-refractivity contribution >= 4 is 5.97 Å². The van der Waals surface area contributed by atoms with Crippen molar-refractivity contribution in [1.29, 1.82) is 0 Å². The summed E-state index contributed by atoms with van der Waals surface area (Å²) in [5.74, 6) is 1.61. The van der Waals surface area contributed by atoms with Crippen molar-refractivity contribution < 1.29 is 9.53 Å². The van der Waals surface area contributed by atoms with Gasteiger partial charge < -0.3 is 10.1 Å². The third-order valence-corrected chi connectivity index (χ3v) is 5.05.